The molecule has 1 radical (unpaired) electrons. The Bertz CT molecular complexity index is 563. The summed E-state index contributed by atoms with van der Waals surface area (Å²) in [5.74, 6) is 1.25. The predicted molar refractivity (Wildman–Crippen MR) is 88.1 cm³/mol. The molecule has 0 amide bonds. The van der Waals surface area contributed by atoms with E-state index in [-0.39, 0.29) is 0 Å². The summed E-state index contributed by atoms with van der Waals surface area (Å²) >= 11 is 0. The Kier molecular flexibility index (Phi) is 3.09. The highest BCUT2D eigenvalue weighted by Crippen LogP contribution is 2.42. The maximum absolute atomic E-state index is 2.51. The van der Waals surface area contributed by atoms with Gasteiger partial charge in [-0.25, -0.2) is 0 Å². The first-order chi connectivity index (χ1) is 8.97. The van der Waals surface area contributed by atoms with E-state index in [0.717, 1.165) is 0 Å². The van der Waals surface area contributed by atoms with Crippen LogP contribution in [0.3, 0.4) is 0 Å². The van der Waals surface area contributed by atoms with Crippen molar-refractivity contribution in [2.45, 2.75) is 44.7 Å². The van der Waals surface area contributed by atoms with Crippen molar-refractivity contribution in [3.05, 3.63) is 52.8 Å². The highest BCUT2D eigenvalue weighted by molar-refractivity contribution is 6.83. The lowest BCUT2D eigenvalue weighted by Gasteiger charge is -2.19. The third kappa shape index (κ3) is 2.27. The van der Waals surface area contributed by atoms with Gasteiger partial charge >= 0.3 is 0 Å². The number of hydrogen-bond acceptors (Lipinski definition) is 0. The molecule has 1 aliphatic heterocycles. The fraction of sp³-hybridized carbons (Fsp3) is 0.412. The molecule has 0 fully saturated rings. The standard InChI is InChI=1S/C17H22BSi/c1-12-15-7-5-6-8-16(15)18-17(12)13-9-10-14(11-13)19(2,3)4/h5-8,10-12,17H,9H2,1-4H3. The van der Waals surface area contributed by atoms with Crippen molar-refractivity contribution in [2.24, 2.45) is 0 Å². The smallest absolute Gasteiger partial charge is 0.0837 e. The maximum Gasteiger partial charge on any atom is 0.161 e. The third-order valence-electron chi connectivity index (χ3n) is 4.58. The molecule has 0 bridgehead atoms. The summed E-state index contributed by atoms with van der Waals surface area (Å²) in [5.41, 5.74) is 4.60. The van der Waals surface area contributed by atoms with Crippen LogP contribution in [0.4, 0.5) is 0 Å². The number of allylic oxidation sites excluding steroid dienone is 4. The second-order valence-electron chi connectivity index (χ2n) is 6.94. The molecule has 19 heavy (non-hydrogen) atoms. The van der Waals surface area contributed by atoms with E-state index in [9.17, 15) is 0 Å². The Labute approximate surface area is 118 Å². The molecular formula is C17H22BSi. The molecular weight excluding hydrogens is 243 g/mol. The lowest BCUT2D eigenvalue weighted by Crippen LogP contribution is -2.22. The van der Waals surface area contributed by atoms with Crippen LogP contribution in [0.1, 0.15) is 24.8 Å². The average Bonchev–Trinajstić information content (AvgIpc) is 2.94. The molecule has 2 aliphatic rings. The van der Waals surface area contributed by atoms with E-state index < -0.39 is 8.07 Å². The van der Waals surface area contributed by atoms with Crippen molar-refractivity contribution >= 4 is 20.8 Å². The van der Waals surface area contributed by atoms with E-state index in [1.54, 1.807) is 10.8 Å². The van der Waals surface area contributed by atoms with Crippen LogP contribution in [-0.2, 0) is 0 Å². The molecule has 1 aliphatic carbocycles. The monoisotopic (exact) mass is 265 g/mol. The molecule has 1 aromatic carbocycles. The third-order valence-corrected chi connectivity index (χ3v) is 6.66. The molecule has 0 saturated carbocycles. The summed E-state index contributed by atoms with van der Waals surface area (Å²) in [4.78, 5) is 0. The van der Waals surface area contributed by atoms with Crippen LogP contribution in [0, 0.1) is 0 Å². The molecule has 0 N–H and O–H groups in total. The topological polar surface area (TPSA) is 0 Å². The first-order valence-corrected chi connectivity index (χ1v) is 10.8. The molecule has 3 rings (SSSR count). The van der Waals surface area contributed by atoms with Gasteiger partial charge in [-0.3, -0.25) is 0 Å². The van der Waals surface area contributed by atoms with E-state index in [1.165, 1.54) is 17.4 Å². The predicted octanol–water partition coefficient (Wildman–Crippen LogP) is 4.06. The van der Waals surface area contributed by atoms with Crippen molar-refractivity contribution in [3.63, 3.8) is 0 Å². The van der Waals surface area contributed by atoms with Crippen LogP contribution >= 0.6 is 0 Å². The summed E-state index contributed by atoms with van der Waals surface area (Å²) < 4.78 is 0. The quantitative estimate of drug-likeness (QED) is 0.707. The van der Waals surface area contributed by atoms with Crippen LogP contribution in [0.15, 0.2) is 47.2 Å². The molecule has 0 aromatic heterocycles. The molecule has 0 spiro atoms. The maximum atomic E-state index is 2.51. The molecule has 97 valence electrons. The summed E-state index contributed by atoms with van der Waals surface area (Å²) in [6, 6.07) is 8.87. The normalized spacial score (nSPS) is 25.7. The lowest BCUT2D eigenvalue weighted by molar-refractivity contribution is 0.757. The highest BCUT2D eigenvalue weighted by atomic mass is 28.3. The van der Waals surface area contributed by atoms with Crippen LogP contribution in [-0.4, -0.2) is 15.4 Å². The first-order valence-electron chi connectivity index (χ1n) is 7.32. The number of hydrogen-bond donors (Lipinski definition) is 0. The van der Waals surface area contributed by atoms with Crippen LogP contribution < -0.4 is 5.46 Å². The molecule has 2 heteroatoms. The Balaban J connectivity index is 1.85. The summed E-state index contributed by atoms with van der Waals surface area (Å²) in [6.07, 6.45) is 6.15. The van der Waals surface area contributed by atoms with Gasteiger partial charge in [0.25, 0.3) is 0 Å². The van der Waals surface area contributed by atoms with Crippen molar-refractivity contribution in [3.8, 4) is 0 Å². The van der Waals surface area contributed by atoms with Crippen LogP contribution in [0.2, 0.25) is 25.5 Å². The van der Waals surface area contributed by atoms with Gasteiger partial charge in [-0.05, 0) is 18.2 Å². The lowest BCUT2D eigenvalue weighted by atomic mass is 9.59. The summed E-state index contributed by atoms with van der Waals surface area (Å²) in [6.45, 7) is 9.69. The molecule has 1 heterocycles. The Morgan fingerprint density at radius 2 is 1.89 bits per heavy atom. The summed E-state index contributed by atoms with van der Waals surface area (Å²) in [7, 11) is 1.33. The zero-order chi connectivity index (χ0) is 13.6. The second-order valence-corrected chi connectivity index (χ2v) is 12.0. The Morgan fingerprint density at radius 1 is 1.16 bits per heavy atom. The van der Waals surface area contributed by atoms with E-state index in [1.807, 2.05) is 0 Å². The fourth-order valence-corrected chi connectivity index (χ4v) is 4.67. The van der Waals surface area contributed by atoms with Crippen molar-refractivity contribution < 1.29 is 0 Å². The van der Waals surface area contributed by atoms with E-state index >= 15 is 0 Å². The number of rotatable bonds is 2. The zero-order valence-corrected chi connectivity index (χ0v) is 13.4. The zero-order valence-electron chi connectivity index (χ0n) is 12.4. The minimum Gasteiger partial charge on any atom is -0.0837 e. The molecule has 2 atom stereocenters. The largest absolute Gasteiger partial charge is 0.161 e. The summed E-state index contributed by atoms with van der Waals surface area (Å²) in [5, 5.41) is 1.64. The van der Waals surface area contributed by atoms with Gasteiger partial charge in [0.2, 0.25) is 0 Å². The molecule has 0 nitrogen and oxygen atoms in total. The molecule has 2 unspecified atom stereocenters. The van der Waals surface area contributed by atoms with Gasteiger partial charge < -0.3 is 0 Å². The highest BCUT2D eigenvalue weighted by Gasteiger charge is 2.33. The van der Waals surface area contributed by atoms with Gasteiger partial charge in [0, 0.05) is 0 Å². The van der Waals surface area contributed by atoms with E-state index in [4.69, 9.17) is 0 Å². The van der Waals surface area contributed by atoms with Gasteiger partial charge in [0.15, 0.2) is 7.28 Å². The molecule has 1 aromatic rings. The van der Waals surface area contributed by atoms with Crippen LogP contribution in [0.5, 0.6) is 0 Å². The van der Waals surface area contributed by atoms with Gasteiger partial charge in [-0.15, -0.1) is 0 Å². The average molecular weight is 265 g/mol. The Morgan fingerprint density at radius 3 is 2.53 bits per heavy atom. The van der Waals surface area contributed by atoms with E-state index in [0.29, 0.717) is 11.7 Å². The Hall–Kier alpha value is -1.02. The van der Waals surface area contributed by atoms with E-state index in [2.05, 4.69) is 70.3 Å². The van der Waals surface area contributed by atoms with Crippen molar-refractivity contribution in [2.75, 3.05) is 0 Å². The number of fused-ring (bicyclic) bond motifs is 1. The van der Waals surface area contributed by atoms with Gasteiger partial charge in [0.05, 0.1) is 8.07 Å². The van der Waals surface area contributed by atoms with Gasteiger partial charge in [-0.1, -0.05) is 84.8 Å². The van der Waals surface area contributed by atoms with Crippen molar-refractivity contribution in [1.82, 2.24) is 0 Å². The molecule has 0 saturated heterocycles. The minimum absolute atomic E-state index is 0.613. The minimum atomic E-state index is -1.15. The SMILES string of the molecule is CC1c2ccccc2[B]C1C1=CC([Si](C)(C)C)=CC1. The van der Waals surface area contributed by atoms with Crippen LogP contribution in [0.25, 0.3) is 0 Å². The van der Waals surface area contributed by atoms with Gasteiger partial charge in [-0.2, -0.15) is 0 Å². The van der Waals surface area contributed by atoms with Gasteiger partial charge in [0.1, 0.15) is 0 Å². The fourth-order valence-electron chi connectivity index (χ4n) is 3.34. The number of benzene rings is 1. The second kappa shape index (κ2) is 4.52. The van der Waals surface area contributed by atoms with Crippen molar-refractivity contribution in [1.29, 1.82) is 0 Å². The first kappa shape index (κ1) is 13.0.